The molecule has 3 aromatic rings. The Morgan fingerprint density at radius 1 is 1.26 bits per heavy atom. The lowest BCUT2D eigenvalue weighted by atomic mass is 10.1. The minimum Gasteiger partial charge on any atom is -0.445 e. The highest BCUT2D eigenvalue weighted by atomic mass is 35.5. The number of aromatic nitrogens is 2. The van der Waals surface area contributed by atoms with Crippen LogP contribution in [0.15, 0.2) is 34.9 Å². The van der Waals surface area contributed by atoms with E-state index >= 15 is 0 Å². The largest absolute Gasteiger partial charge is 0.445 e. The number of hydrogen-bond acceptors (Lipinski definition) is 5. The van der Waals surface area contributed by atoms with Gasteiger partial charge in [0, 0.05) is 15.5 Å². The van der Waals surface area contributed by atoms with Crippen LogP contribution in [0.25, 0.3) is 11.3 Å². The molecule has 1 atom stereocenters. The minimum absolute atomic E-state index is 0.131. The van der Waals surface area contributed by atoms with E-state index in [1.807, 2.05) is 31.2 Å². The molecular formula is C17H18ClN3OS. The molecule has 0 aliphatic heterocycles. The molecule has 0 fully saturated rings. The third-order valence-electron chi connectivity index (χ3n) is 3.53. The van der Waals surface area contributed by atoms with Crippen LogP contribution in [0.5, 0.6) is 0 Å². The highest BCUT2D eigenvalue weighted by molar-refractivity contribution is 7.12. The van der Waals surface area contributed by atoms with Crippen molar-refractivity contribution in [3.05, 3.63) is 57.0 Å². The van der Waals surface area contributed by atoms with Gasteiger partial charge in [0.15, 0.2) is 0 Å². The Kier molecular flexibility index (Phi) is 4.80. The molecule has 0 saturated heterocycles. The van der Waals surface area contributed by atoms with E-state index in [-0.39, 0.29) is 6.04 Å². The van der Waals surface area contributed by atoms with Crippen LogP contribution in [-0.4, -0.2) is 9.97 Å². The van der Waals surface area contributed by atoms with Crippen molar-refractivity contribution in [3.63, 3.8) is 0 Å². The lowest BCUT2D eigenvalue weighted by Gasteiger charge is -2.08. The van der Waals surface area contributed by atoms with E-state index in [4.69, 9.17) is 21.0 Å². The maximum absolute atomic E-state index is 5.95. The summed E-state index contributed by atoms with van der Waals surface area (Å²) in [4.78, 5) is 10.2. The summed E-state index contributed by atoms with van der Waals surface area (Å²) in [7, 11) is 0. The van der Waals surface area contributed by atoms with Crippen LogP contribution in [0, 0.1) is 13.8 Å². The summed E-state index contributed by atoms with van der Waals surface area (Å²) in [5.74, 6) is 1.52. The average molecular weight is 348 g/mol. The van der Waals surface area contributed by atoms with E-state index in [9.17, 15) is 0 Å². The Hall–Kier alpha value is -1.69. The average Bonchev–Trinajstić information content (AvgIpc) is 3.12. The Balaban J connectivity index is 1.73. The lowest BCUT2D eigenvalue weighted by Crippen LogP contribution is -2.18. The molecule has 4 nitrogen and oxygen atoms in total. The summed E-state index contributed by atoms with van der Waals surface area (Å²) in [5.41, 5.74) is 2.10. The smallest absolute Gasteiger partial charge is 0.208 e. The molecule has 2 aromatic heterocycles. The van der Waals surface area contributed by atoms with Crippen LogP contribution >= 0.6 is 22.9 Å². The lowest BCUT2D eigenvalue weighted by molar-refractivity contribution is 0.432. The van der Waals surface area contributed by atoms with E-state index < -0.39 is 0 Å². The van der Waals surface area contributed by atoms with Crippen molar-refractivity contribution < 1.29 is 4.42 Å². The molecule has 1 N–H and O–H groups in total. The molecule has 0 aliphatic rings. The van der Waals surface area contributed by atoms with Crippen molar-refractivity contribution in [2.75, 3.05) is 0 Å². The van der Waals surface area contributed by atoms with Gasteiger partial charge in [0.05, 0.1) is 24.5 Å². The first-order chi connectivity index (χ1) is 11.0. The number of aryl methyl sites for hydroxylation is 2. The number of oxazole rings is 1. The van der Waals surface area contributed by atoms with Crippen LogP contribution in [0.4, 0.5) is 0 Å². The van der Waals surface area contributed by atoms with E-state index in [0.717, 1.165) is 27.0 Å². The quantitative estimate of drug-likeness (QED) is 0.711. The van der Waals surface area contributed by atoms with Crippen LogP contribution < -0.4 is 5.32 Å². The molecule has 1 aromatic carbocycles. The topological polar surface area (TPSA) is 51.0 Å². The molecule has 23 heavy (non-hydrogen) atoms. The second-order valence-electron chi connectivity index (χ2n) is 5.43. The normalized spacial score (nSPS) is 12.5. The van der Waals surface area contributed by atoms with Gasteiger partial charge >= 0.3 is 0 Å². The fourth-order valence-electron chi connectivity index (χ4n) is 2.29. The summed E-state index contributed by atoms with van der Waals surface area (Å²) in [6.45, 7) is 6.67. The van der Waals surface area contributed by atoms with Crippen LogP contribution in [0.2, 0.25) is 5.02 Å². The van der Waals surface area contributed by atoms with Gasteiger partial charge < -0.3 is 4.42 Å². The summed E-state index contributed by atoms with van der Waals surface area (Å²) in [6.07, 6.45) is 1.73. The Bertz CT molecular complexity index is 795. The molecule has 0 spiro atoms. The second kappa shape index (κ2) is 6.83. The second-order valence-corrected chi connectivity index (χ2v) is 7.10. The SMILES string of the molecule is Cc1cnc(CNC(C)c2nc(-c3ccc(Cl)cc3)c(C)s2)o1. The van der Waals surface area contributed by atoms with E-state index in [0.29, 0.717) is 12.4 Å². The van der Waals surface area contributed by atoms with Gasteiger partial charge in [-0.05, 0) is 32.9 Å². The van der Waals surface area contributed by atoms with Gasteiger partial charge in [0.2, 0.25) is 5.89 Å². The van der Waals surface area contributed by atoms with Crippen LogP contribution in [0.1, 0.15) is 34.5 Å². The monoisotopic (exact) mass is 347 g/mol. The van der Waals surface area contributed by atoms with Crippen molar-refractivity contribution >= 4 is 22.9 Å². The zero-order chi connectivity index (χ0) is 16.4. The van der Waals surface area contributed by atoms with Gasteiger partial charge in [-0.2, -0.15) is 0 Å². The Labute approximate surface area is 144 Å². The minimum atomic E-state index is 0.131. The fourth-order valence-corrected chi connectivity index (χ4v) is 3.39. The molecule has 3 rings (SSSR count). The van der Waals surface area contributed by atoms with Crippen LogP contribution in [0.3, 0.4) is 0 Å². The maximum atomic E-state index is 5.95. The molecule has 0 amide bonds. The number of halogens is 1. The van der Waals surface area contributed by atoms with Gasteiger partial charge in [-0.3, -0.25) is 5.32 Å². The Morgan fingerprint density at radius 3 is 2.65 bits per heavy atom. The third kappa shape index (κ3) is 3.80. The third-order valence-corrected chi connectivity index (χ3v) is 4.94. The first-order valence-corrected chi connectivity index (χ1v) is 8.60. The van der Waals surface area contributed by atoms with Crippen molar-refractivity contribution in [3.8, 4) is 11.3 Å². The number of rotatable bonds is 5. The molecule has 1 unspecified atom stereocenters. The van der Waals surface area contributed by atoms with E-state index in [1.54, 1.807) is 17.5 Å². The van der Waals surface area contributed by atoms with Gasteiger partial charge in [0.1, 0.15) is 10.8 Å². The molecular weight excluding hydrogens is 330 g/mol. The highest BCUT2D eigenvalue weighted by Gasteiger charge is 2.15. The molecule has 2 heterocycles. The van der Waals surface area contributed by atoms with E-state index in [2.05, 4.69) is 24.1 Å². The summed E-state index contributed by atoms with van der Waals surface area (Å²) < 4.78 is 5.48. The fraction of sp³-hybridized carbons (Fsp3) is 0.294. The van der Waals surface area contributed by atoms with Gasteiger partial charge in [-0.25, -0.2) is 9.97 Å². The first-order valence-electron chi connectivity index (χ1n) is 7.41. The molecule has 120 valence electrons. The zero-order valence-electron chi connectivity index (χ0n) is 13.3. The number of thiazole rings is 1. The van der Waals surface area contributed by atoms with Crippen LogP contribution in [-0.2, 0) is 6.54 Å². The highest BCUT2D eigenvalue weighted by Crippen LogP contribution is 2.31. The number of hydrogen-bond donors (Lipinski definition) is 1. The summed E-state index contributed by atoms with van der Waals surface area (Å²) >= 11 is 7.66. The predicted molar refractivity (Wildman–Crippen MR) is 93.8 cm³/mol. The molecule has 0 radical (unpaired) electrons. The predicted octanol–water partition coefficient (Wildman–Crippen LogP) is 4.92. The van der Waals surface area contributed by atoms with Crippen molar-refractivity contribution in [2.45, 2.75) is 33.4 Å². The number of benzene rings is 1. The molecule has 0 aliphatic carbocycles. The van der Waals surface area contributed by atoms with Crippen molar-refractivity contribution in [2.24, 2.45) is 0 Å². The molecule has 0 saturated carbocycles. The van der Waals surface area contributed by atoms with Crippen molar-refractivity contribution in [1.29, 1.82) is 0 Å². The zero-order valence-corrected chi connectivity index (χ0v) is 14.8. The van der Waals surface area contributed by atoms with Gasteiger partial charge in [-0.1, -0.05) is 23.7 Å². The first kappa shape index (κ1) is 16.2. The summed E-state index contributed by atoms with van der Waals surface area (Å²) in [5, 5.41) is 5.19. The standard InChI is InChI=1S/C17H18ClN3OS/c1-10-8-20-15(22-10)9-19-11(2)17-21-16(12(3)23-17)13-4-6-14(18)7-5-13/h4-8,11,19H,9H2,1-3H3. The molecule has 6 heteroatoms. The Morgan fingerprint density at radius 2 is 2.00 bits per heavy atom. The maximum Gasteiger partial charge on any atom is 0.208 e. The van der Waals surface area contributed by atoms with E-state index in [1.165, 1.54) is 4.88 Å². The molecule has 0 bridgehead atoms. The van der Waals surface area contributed by atoms with Gasteiger partial charge in [0.25, 0.3) is 0 Å². The van der Waals surface area contributed by atoms with Gasteiger partial charge in [-0.15, -0.1) is 11.3 Å². The number of nitrogens with one attached hydrogen (secondary N) is 1. The van der Waals surface area contributed by atoms with Crippen molar-refractivity contribution in [1.82, 2.24) is 15.3 Å². The summed E-state index contributed by atoms with van der Waals surface area (Å²) in [6, 6.07) is 7.92. The number of nitrogens with zero attached hydrogens (tertiary/aromatic N) is 2.